The molecule has 7 heteroatoms. The SMILES string of the molecule is C[C@@H](NC(=O)COC(=O)c1ccc(Cl)cc1O)c1cccc(Cl)c1. The van der Waals surface area contributed by atoms with Crippen molar-refractivity contribution in [2.75, 3.05) is 6.61 Å². The van der Waals surface area contributed by atoms with Crippen LogP contribution in [0, 0.1) is 0 Å². The maximum Gasteiger partial charge on any atom is 0.342 e. The van der Waals surface area contributed by atoms with Crippen LogP contribution in [0.3, 0.4) is 0 Å². The van der Waals surface area contributed by atoms with Gasteiger partial charge in [-0.05, 0) is 42.8 Å². The number of amides is 1. The number of ether oxygens (including phenoxy) is 1. The lowest BCUT2D eigenvalue weighted by Gasteiger charge is -2.14. The van der Waals surface area contributed by atoms with E-state index in [0.717, 1.165) is 5.56 Å². The van der Waals surface area contributed by atoms with Gasteiger partial charge in [-0.15, -0.1) is 0 Å². The van der Waals surface area contributed by atoms with E-state index in [2.05, 4.69) is 5.32 Å². The van der Waals surface area contributed by atoms with Gasteiger partial charge in [-0.3, -0.25) is 4.79 Å². The summed E-state index contributed by atoms with van der Waals surface area (Å²) in [5, 5.41) is 13.2. The molecule has 126 valence electrons. The molecule has 0 radical (unpaired) electrons. The van der Waals surface area contributed by atoms with E-state index in [4.69, 9.17) is 27.9 Å². The van der Waals surface area contributed by atoms with Crippen molar-refractivity contribution >= 4 is 35.1 Å². The molecule has 1 amide bonds. The number of carbonyl (C=O) groups is 2. The number of esters is 1. The summed E-state index contributed by atoms with van der Waals surface area (Å²) in [6.45, 7) is 1.32. The molecule has 0 saturated carbocycles. The van der Waals surface area contributed by atoms with Crippen molar-refractivity contribution in [1.29, 1.82) is 0 Å². The van der Waals surface area contributed by atoms with Gasteiger partial charge in [0.15, 0.2) is 6.61 Å². The molecule has 0 aliphatic carbocycles. The minimum Gasteiger partial charge on any atom is -0.507 e. The summed E-state index contributed by atoms with van der Waals surface area (Å²) < 4.78 is 4.89. The van der Waals surface area contributed by atoms with Crippen LogP contribution in [-0.2, 0) is 9.53 Å². The quantitative estimate of drug-likeness (QED) is 0.789. The lowest BCUT2D eigenvalue weighted by Crippen LogP contribution is -2.31. The fourth-order valence-corrected chi connectivity index (χ4v) is 2.39. The summed E-state index contributed by atoms with van der Waals surface area (Å²) in [6, 6.07) is 10.8. The molecular weight excluding hydrogens is 353 g/mol. The number of phenols is 1. The van der Waals surface area contributed by atoms with E-state index < -0.39 is 18.5 Å². The standard InChI is InChI=1S/C17H15Cl2NO4/c1-10(11-3-2-4-12(18)7-11)20-16(22)9-24-17(23)14-6-5-13(19)8-15(14)21/h2-8,10,21H,9H2,1H3,(H,20,22)/t10-/m1/s1. The first-order valence-electron chi connectivity index (χ1n) is 7.07. The zero-order valence-electron chi connectivity index (χ0n) is 12.8. The molecule has 1 atom stereocenters. The molecule has 2 aromatic rings. The smallest absolute Gasteiger partial charge is 0.342 e. The van der Waals surface area contributed by atoms with Crippen molar-refractivity contribution in [2.45, 2.75) is 13.0 Å². The third kappa shape index (κ3) is 4.88. The average molecular weight is 368 g/mol. The van der Waals surface area contributed by atoms with Gasteiger partial charge in [0.05, 0.1) is 6.04 Å². The molecule has 0 aliphatic heterocycles. The molecular formula is C17H15Cl2NO4. The van der Waals surface area contributed by atoms with Crippen LogP contribution < -0.4 is 5.32 Å². The number of phenolic OH excluding ortho intramolecular Hbond substituents is 1. The highest BCUT2D eigenvalue weighted by Crippen LogP contribution is 2.22. The highest BCUT2D eigenvalue weighted by molar-refractivity contribution is 6.31. The second-order valence-electron chi connectivity index (χ2n) is 5.08. The number of hydrogen-bond acceptors (Lipinski definition) is 4. The molecule has 0 unspecified atom stereocenters. The Labute approximate surface area is 149 Å². The van der Waals surface area contributed by atoms with Gasteiger partial charge in [-0.2, -0.15) is 0 Å². The van der Waals surface area contributed by atoms with Crippen molar-refractivity contribution in [3.05, 3.63) is 63.6 Å². The molecule has 24 heavy (non-hydrogen) atoms. The lowest BCUT2D eigenvalue weighted by atomic mass is 10.1. The molecule has 2 aromatic carbocycles. The van der Waals surface area contributed by atoms with Gasteiger partial charge in [-0.1, -0.05) is 35.3 Å². The first-order chi connectivity index (χ1) is 11.4. The number of benzene rings is 2. The number of hydrogen-bond donors (Lipinski definition) is 2. The van der Waals surface area contributed by atoms with E-state index in [1.807, 2.05) is 6.07 Å². The predicted octanol–water partition coefficient (Wildman–Crippen LogP) is 3.73. The Morgan fingerprint density at radius 3 is 2.54 bits per heavy atom. The second-order valence-corrected chi connectivity index (χ2v) is 5.95. The Balaban J connectivity index is 1.89. The molecule has 0 bridgehead atoms. The zero-order valence-corrected chi connectivity index (χ0v) is 14.3. The third-order valence-electron chi connectivity index (χ3n) is 3.24. The van der Waals surface area contributed by atoms with Gasteiger partial charge in [0.1, 0.15) is 11.3 Å². The number of halogens is 2. The Kier molecular flexibility index (Phi) is 6.06. The summed E-state index contributed by atoms with van der Waals surface area (Å²) in [4.78, 5) is 23.7. The van der Waals surface area contributed by atoms with Crippen LogP contribution in [0.2, 0.25) is 10.0 Å². The second kappa shape index (κ2) is 8.04. The lowest BCUT2D eigenvalue weighted by molar-refractivity contribution is -0.124. The van der Waals surface area contributed by atoms with E-state index in [0.29, 0.717) is 5.02 Å². The van der Waals surface area contributed by atoms with E-state index in [1.165, 1.54) is 18.2 Å². The van der Waals surface area contributed by atoms with Crippen molar-refractivity contribution < 1.29 is 19.4 Å². The number of nitrogens with one attached hydrogen (secondary N) is 1. The number of carbonyl (C=O) groups excluding carboxylic acids is 2. The van der Waals surface area contributed by atoms with Gasteiger partial charge in [-0.25, -0.2) is 4.79 Å². The Hall–Kier alpha value is -2.24. The van der Waals surface area contributed by atoms with Crippen molar-refractivity contribution in [1.82, 2.24) is 5.32 Å². The molecule has 2 N–H and O–H groups in total. The summed E-state index contributed by atoms with van der Waals surface area (Å²) in [7, 11) is 0. The predicted molar refractivity (Wildman–Crippen MR) is 91.4 cm³/mol. The molecule has 2 rings (SSSR count). The highest BCUT2D eigenvalue weighted by Gasteiger charge is 2.16. The van der Waals surface area contributed by atoms with Gasteiger partial charge in [0.2, 0.25) is 0 Å². The molecule has 0 aromatic heterocycles. The van der Waals surface area contributed by atoms with E-state index >= 15 is 0 Å². The van der Waals surface area contributed by atoms with Gasteiger partial charge in [0, 0.05) is 10.0 Å². The van der Waals surface area contributed by atoms with Crippen LogP contribution in [0.4, 0.5) is 0 Å². The average Bonchev–Trinajstić information content (AvgIpc) is 2.52. The first kappa shape index (κ1) is 18.1. The maximum atomic E-state index is 11.9. The zero-order chi connectivity index (χ0) is 17.7. The third-order valence-corrected chi connectivity index (χ3v) is 3.71. The topological polar surface area (TPSA) is 75.6 Å². The fourth-order valence-electron chi connectivity index (χ4n) is 2.03. The van der Waals surface area contributed by atoms with E-state index in [1.54, 1.807) is 25.1 Å². The van der Waals surface area contributed by atoms with Crippen LogP contribution in [0.5, 0.6) is 5.75 Å². The molecule has 0 spiro atoms. The van der Waals surface area contributed by atoms with Crippen molar-refractivity contribution in [3.63, 3.8) is 0 Å². The summed E-state index contributed by atoms with van der Waals surface area (Å²) in [5.74, 6) is -1.58. The number of rotatable bonds is 5. The molecule has 0 heterocycles. The first-order valence-corrected chi connectivity index (χ1v) is 7.83. The molecule has 0 aliphatic rings. The van der Waals surface area contributed by atoms with Crippen LogP contribution in [0.25, 0.3) is 0 Å². The number of aromatic hydroxyl groups is 1. The maximum absolute atomic E-state index is 11.9. The summed E-state index contributed by atoms with van der Waals surface area (Å²) in [5.41, 5.74) is 0.771. The normalized spacial score (nSPS) is 11.6. The van der Waals surface area contributed by atoms with Crippen LogP contribution in [0.1, 0.15) is 28.9 Å². The Morgan fingerprint density at radius 1 is 1.17 bits per heavy atom. The summed E-state index contributed by atoms with van der Waals surface area (Å²) >= 11 is 11.6. The van der Waals surface area contributed by atoms with E-state index in [-0.39, 0.29) is 22.4 Å². The summed E-state index contributed by atoms with van der Waals surface area (Å²) in [6.07, 6.45) is 0. The van der Waals surface area contributed by atoms with Crippen molar-refractivity contribution in [3.8, 4) is 5.75 Å². The molecule has 5 nitrogen and oxygen atoms in total. The fraction of sp³-hybridized carbons (Fsp3) is 0.176. The minimum absolute atomic E-state index is 0.0601. The van der Waals surface area contributed by atoms with Crippen LogP contribution >= 0.6 is 23.2 Å². The highest BCUT2D eigenvalue weighted by atomic mass is 35.5. The van der Waals surface area contributed by atoms with Crippen LogP contribution in [-0.4, -0.2) is 23.6 Å². The molecule has 0 fully saturated rings. The monoisotopic (exact) mass is 367 g/mol. The van der Waals surface area contributed by atoms with Gasteiger partial charge < -0.3 is 15.2 Å². The van der Waals surface area contributed by atoms with Gasteiger partial charge in [0.25, 0.3) is 5.91 Å². The minimum atomic E-state index is -0.810. The largest absolute Gasteiger partial charge is 0.507 e. The Morgan fingerprint density at radius 2 is 1.88 bits per heavy atom. The Bertz CT molecular complexity index is 764. The molecule has 0 saturated heterocycles. The van der Waals surface area contributed by atoms with E-state index in [9.17, 15) is 14.7 Å². The van der Waals surface area contributed by atoms with Crippen molar-refractivity contribution in [2.24, 2.45) is 0 Å². The van der Waals surface area contributed by atoms with Crippen LogP contribution in [0.15, 0.2) is 42.5 Å². The van der Waals surface area contributed by atoms with Gasteiger partial charge >= 0.3 is 5.97 Å².